The van der Waals surface area contributed by atoms with Crippen LogP contribution in [-0.2, 0) is 9.84 Å². The fraction of sp³-hybridized carbons (Fsp3) is 0.182. The second kappa shape index (κ2) is 4.74. The van der Waals surface area contributed by atoms with Crippen molar-refractivity contribution in [3.8, 4) is 0 Å². The normalized spacial score (nSPS) is 20.8. The molecule has 0 bridgehead atoms. The number of carbonyl (C=O) groups is 1. The summed E-state index contributed by atoms with van der Waals surface area (Å²) in [6.07, 6.45) is 1.47. The highest BCUT2D eigenvalue weighted by molar-refractivity contribution is 9.10. The fourth-order valence-electron chi connectivity index (χ4n) is 1.59. The second-order valence-corrected chi connectivity index (χ2v) is 6.76. The Balaban J connectivity index is 2.09. The molecule has 1 aliphatic heterocycles. The first-order valence-corrected chi connectivity index (χ1v) is 7.65. The highest BCUT2D eigenvalue weighted by Gasteiger charge is 2.23. The van der Waals surface area contributed by atoms with E-state index in [9.17, 15) is 13.2 Å². The summed E-state index contributed by atoms with van der Waals surface area (Å²) < 4.78 is 23.0. The Kier molecular flexibility index (Phi) is 3.45. The highest BCUT2D eigenvalue weighted by atomic mass is 79.9. The van der Waals surface area contributed by atoms with Gasteiger partial charge >= 0.3 is 0 Å². The third-order valence-electron chi connectivity index (χ3n) is 2.51. The molecule has 1 amide bonds. The number of hydrogen-bond donors (Lipinski definition) is 2. The van der Waals surface area contributed by atoms with Crippen LogP contribution >= 0.6 is 15.9 Å². The third-order valence-corrected chi connectivity index (χ3v) is 4.59. The molecule has 18 heavy (non-hydrogen) atoms. The molecule has 2 rings (SSSR count). The molecule has 1 heterocycles. The van der Waals surface area contributed by atoms with Crippen LogP contribution in [0.4, 0.5) is 5.69 Å². The van der Waals surface area contributed by atoms with Gasteiger partial charge in [-0.15, -0.1) is 0 Å². The van der Waals surface area contributed by atoms with Gasteiger partial charge in [0.05, 0.1) is 11.8 Å². The summed E-state index contributed by atoms with van der Waals surface area (Å²) in [5, 5.41) is 3.75. The van der Waals surface area contributed by atoms with Crippen molar-refractivity contribution in [3.05, 3.63) is 39.7 Å². The van der Waals surface area contributed by atoms with Gasteiger partial charge in [-0.1, -0.05) is 0 Å². The van der Waals surface area contributed by atoms with Crippen LogP contribution in [0.3, 0.4) is 0 Å². The van der Waals surface area contributed by atoms with Crippen LogP contribution in [-0.4, -0.2) is 26.1 Å². The summed E-state index contributed by atoms with van der Waals surface area (Å²) >= 11 is 3.23. The summed E-state index contributed by atoms with van der Waals surface area (Å²) in [7, 11) is -3.16. The molecule has 5 nitrogen and oxygen atoms in total. The van der Waals surface area contributed by atoms with E-state index in [-0.39, 0.29) is 11.7 Å². The van der Waals surface area contributed by atoms with Crippen molar-refractivity contribution >= 4 is 37.4 Å². The van der Waals surface area contributed by atoms with E-state index in [4.69, 9.17) is 5.73 Å². The lowest BCUT2D eigenvalue weighted by Gasteiger charge is -2.10. The number of rotatable bonds is 2. The first-order chi connectivity index (χ1) is 8.37. The van der Waals surface area contributed by atoms with Gasteiger partial charge in [0.15, 0.2) is 9.84 Å². The summed E-state index contributed by atoms with van der Waals surface area (Å²) in [5.41, 5.74) is 6.58. The Morgan fingerprint density at radius 2 is 2.17 bits per heavy atom. The lowest BCUT2D eigenvalue weighted by molar-refractivity contribution is 0.0947. The topological polar surface area (TPSA) is 89.3 Å². The maximum absolute atomic E-state index is 11.9. The largest absolute Gasteiger partial charge is 0.398 e. The molecule has 0 aliphatic carbocycles. The zero-order valence-corrected chi connectivity index (χ0v) is 11.7. The number of sulfone groups is 1. The molecule has 0 saturated carbocycles. The van der Waals surface area contributed by atoms with Crippen LogP contribution in [0.2, 0.25) is 0 Å². The standard InChI is InChI=1S/C11H11BrN2O3S/c12-9-5-7(1-2-10(9)13)11(15)14-8-3-4-18(16,17)6-8/h1-5,8H,6,13H2,(H,14,15). The first-order valence-electron chi connectivity index (χ1n) is 5.14. The average Bonchev–Trinajstić information content (AvgIpc) is 2.62. The van der Waals surface area contributed by atoms with Crippen molar-refractivity contribution in [2.75, 3.05) is 11.5 Å². The minimum Gasteiger partial charge on any atom is -0.398 e. The summed E-state index contributed by atoms with van der Waals surface area (Å²) in [6.45, 7) is 0. The molecular weight excluding hydrogens is 320 g/mol. The molecule has 0 aromatic heterocycles. The van der Waals surface area contributed by atoms with E-state index >= 15 is 0 Å². The van der Waals surface area contributed by atoms with Crippen molar-refractivity contribution in [2.45, 2.75) is 6.04 Å². The van der Waals surface area contributed by atoms with Crippen LogP contribution in [0.5, 0.6) is 0 Å². The molecular formula is C11H11BrN2O3S. The Bertz CT molecular complexity index is 625. The van der Waals surface area contributed by atoms with Gasteiger partial charge in [-0.05, 0) is 40.2 Å². The Morgan fingerprint density at radius 3 is 2.72 bits per heavy atom. The van der Waals surface area contributed by atoms with Crippen LogP contribution in [0.15, 0.2) is 34.2 Å². The van der Waals surface area contributed by atoms with Crippen molar-refractivity contribution in [3.63, 3.8) is 0 Å². The van der Waals surface area contributed by atoms with Gasteiger partial charge < -0.3 is 11.1 Å². The molecule has 0 spiro atoms. The van der Waals surface area contributed by atoms with Crippen LogP contribution in [0.1, 0.15) is 10.4 Å². The number of carbonyl (C=O) groups excluding carboxylic acids is 1. The van der Waals surface area contributed by atoms with Crippen LogP contribution in [0, 0.1) is 0 Å². The number of amides is 1. The van der Waals surface area contributed by atoms with Crippen molar-refractivity contribution in [1.29, 1.82) is 0 Å². The molecule has 1 atom stereocenters. The van der Waals surface area contributed by atoms with Gasteiger partial charge in [0.1, 0.15) is 0 Å². The van der Waals surface area contributed by atoms with Crippen LogP contribution < -0.4 is 11.1 Å². The number of nitrogens with one attached hydrogen (secondary N) is 1. The fourth-order valence-corrected chi connectivity index (χ4v) is 3.20. The van der Waals surface area contributed by atoms with E-state index < -0.39 is 15.9 Å². The Labute approximate surface area is 113 Å². The monoisotopic (exact) mass is 330 g/mol. The molecule has 1 aliphatic rings. The average molecular weight is 331 g/mol. The lowest BCUT2D eigenvalue weighted by Crippen LogP contribution is -2.35. The van der Waals surface area contributed by atoms with Gasteiger partial charge in [-0.25, -0.2) is 8.42 Å². The highest BCUT2D eigenvalue weighted by Crippen LogP contribution is 2.20. The minimum atomic E-state index is -3.16. The summed E-state index contributed by atoms with van der Waals surface area (Å²) in [6, 6.07) is 4.32. The maximum atomic E-state index is 11.9. The van der Waals surface area contributed by atoms with Crippen molar-refractivity contribution in [2.24, 2.45) is 0 Å². The van der Waals surface area contributed by atoms with E-state index in [0.717, 1.165) is 5.41 Å². The Morgan fingerprint density at radius 1 is 1.44 bits per heavy atom. The predicted octanol–water partition coefficient (Wildman–Crippen LogP) is 1.07. The molecule has 96 valence electrons. The molecule has 3 N–H and O–H groups in total. The number of nitrogens with two attached hydrogens (primary N) is 1. The van der Waals surface area contributed by atoms with Gasteiger partial charge in [-0.2, -0.15) is 0 Å². The van der Waals surface area contributed by atoms with Gasteiger partial charge in [0.25, 0.3) is 5.91 Å². The zero-order valence-electron chi connectivity index (χ0n) is 9.26. The third kappa shape index (κ3) is 2.91. The quantitative estimate of drug-likeness (QED) is 0.794. The molecule has 0 radical (unpaired) electrons. The SMILES string of the molecule is Nc1ccc(C(=O)NC2C=CS(=O)(=O)C2)cc1Br. The molecule has 0 fully saturated rings. The number of hydrogen-bond acceptors (Lipinski definition) is 4. The number of anilines is 1. The number of benzene rings is 1. The van der Waals surface area contributed by atoms with Gasteiger partial charge in [0.2, 0.25) is 0 Å². The van der Waals surface area contributed by atoms with Gasteiger partial charge in [0, 0.05) is 21.1 Å². The van der Waals surface area contributed by atoms with E-state index in [2.05, 4.69) is 21.2 Å². The van der Waals surface area contributed by atoms with E-state index in [0.29, 0.717) is 15.7 Å². The second-order valence-electron chi connectivity index (χ2n) is 3.97. The smallest absolute Gasteiger partial charge is 0.251 e. The van der Waals surface area contributed by atoms with Gasteiger partial charge in [-0.3, -0.25) is 4.79 Å². The molecule has 1 aromatic carbocycles. The summed E-state index contributed by atoms with van der Waals surface area (Å²) in [4.78, 5) is 11.9. The minimum absolute atomic E-state index is 0.0884. The van der Waals surface area contributed by atoms with Crippen molar-refractivity contribution < 1.29 is 13.2 Å². The number of halogens is 1. The van der Waals surface area contributed by atoms with E-state index in [1.807, 2.05) is 0 Å². The van der Waals surface area contributed by atoms with Crippen molar-refractivity contribution in [1.82, 2.24) is 5.32 Å². The lowest BCUT2D eigenvalue weighted by atomic mass is 10.2. The molecule has 0 saturated heterocycles. The number of nitrogen functional groups attached to an aromatic ring is 1. The first kappa shape index (κ1) is 13.1. The summed E-state index contributed by atoms with van der Waals surface area (Å²) in [5.74, 6) is -0.419. The predicted molar refractivity (Wildman–Crippen MR) is 72.7 cm³/mol. The maximum Gasteiger partial charge on any atom is 0.251 e. The van der Waals surface area contributed by atoms with E-state index in [1.54, 1.807) is 18.2 Å². The Hall–Kier alpha value is -1.34. The zero-order chi connectivity index (χ0) is 13.3. The molecule has 1 aromatic rings. The van der Waals surface area contributed by atoms with E-state index in [1.165, 1.54) is 6.08 Å². The van der Waals surface area contributed by atoms with Crippen LogP contribution in [0.25, 0.3) is 0 Å². The molecule has 7 heteroatoms. The molecule has 1 unspecified atom stereocenters.